The van der Waals surface area contributed by atoms with Crippen molar-refractivity contribution in [1.82, 2.24) is 9.55 Å². The van der Waals surface area contributed by atoms with Gasteiger partial charge >= 0.3 is 0 Å². The van der Waals surface area contributed by atoms with Crippen LogP contribution < -0.4 is 5.73 Å². The van der Waals surface area contributed by atoms with Gasteiger partial charge in [-0.1, -0.05) is 18.0 Å². The van der Waals surface area contributed by atoms with Gasteiger partial charge in [-0.3, -0.25) is 9.59 Å². The van der Waals surface area contributed by atoms with Gasteiger partial charge < -0.3 is 10.3 Å². The van der Waals surface area contributed by atoms with E-state index in [1.54, 1.807) is 6.07 Å². The van der Waals surface area contributed by atoms with Crippen LogP contribution in [0, 0.1) is 5.92 Å². The lowest BCUT2D eigenvalue weighted by atomic mass is 9.83. The number of nitrogens with zero attached hydrogens (tertiary/aromatic N) is 2. The summed E-state index contributed by atoms with van der Waals surface area (Å²) in [4.78, 5) is 28.2. The first kappa shape index (κ1) is 18.8. The molecule has 1 fully saturated rings. The van der Waals surface area contributed by atoms with Gasteiger partial charge in [0.05, 0.1) is 5.02 Å². The van der Waals surface area contributed by atoms with Crippen molar-refractivity contribution in [2.75, 3.05) is 0 Å². The van der Waals surface area contributed by atoms with Crippen molar-refractivity contribution >= 4 is 34.3 Å². The highest BCUT2D eigenvalue weighted by Crippen LogP contribution is 2.39. The number of hydrogen-bond donors (Lipinski definition) is 1. The van der Waals surface area contributed by atoms with Gasteiger partial charge in [0.2, 0.25) is 11.8 Å². The van der Waals surface area contributed by atoms with E-state index in [2.05, 4.69) is 4.98 Å². The Hall–Kier alpha value is -2.02. The number of amides is 1. The van der Waals surface area contributed by atoms with E-state index < -0.39 is 11.8 Å². The van der Waals surface area contributed by atoms with E-state index in [-0.39, 0.29) is 37.5 Å². The van der Waals surface area contributed by atoms with E-state index in [1.807, 2.05) is 0 Å². The minimum atomic E-state index is -2.63. The first-order chi connectivity index (χ1) is 12.3. The Balaban J connectivity index is 1.81. The van der Waals surface area contributed by atoms with Gasteiger partial charge in [0.15, 0.2) is 5.78 Å². The van der Waals surface area contributed by atoms with E-state index >= 15 is 0 Å². The van der Waals surface area contributed by atoms with Crippen molar-refractivity contribution in [3.63, 3.8) is 0 Å². The number of Topliss-reactive ketones (excluding diaryl/α,β-unsaturated/α-hetero) is 1. The van der Waals surface area contributed by atoms with Crippen LogP contribution in [0.15, 0.2) is 18.5 Å². The lowest BCUT2D eigenvalue weighted by Crippen LogP contribution is -2.26. The maximum atomic E-state index is 13.5. The molecule has 2 N–H and O–H groups in total. The minimum Gasteiger partial charge on any atom is -0.368 e. The highest BCUT2D eigenvalue weighted by atomic mass is 35.5. The van der Waals surface area contributed by atoms with Crippen LogP contribution in [0.3, 0.4) is 0 Å². The highest BCUT2D eigenvalue weighted by Gasteiger charge is 2.36. The van der Waals surface area contributed by atoms with Gasteiger partial charge in [0, 0.05) is 42.6 Å². The van der Waals surface area contributed by atoms with Crippen LogP contribution in [0.1, 0.15) is 48.9 Å². The lowest BCUT2D eigenvalue weighted by molar-refractivity contribution is -0.118. The van der Waals surface area contributed by atoms with Crippen LogP contribution in [-0.2, 0) is 11.3 Å². The van der Waals surface area contributed by atoms with Crippen LogP contribution in [-0.4, -0.2) is 27.2 Å². The summed E-state index contributed by atoms with van der Waals surface area (Å²) in [6, 6.07) is 1.57. The maximum Gasteiger partial charge on any atom is 0.248 e. The van der Waals surface area contributed by atoms with Gasteiger partial charge in [-0.05, 0) is 24.8 Å². The number of nitrogens with two attached hydrogens (primary N) is 1. The lowest BCUT2D eigenvalue weighted by Gasteiger charge is -2.28. The molecule has 2 aromatic heterocycles. The van der Waals surface area contributed by atoms with Gasteiger partial charge in [0.25, 0.3) is 0 Å². The summed E-state index contributed by atoms with van der Waals surface area (Å²) in [5, 5.41) is 0.820. The molecule has 3 rings (SSSR count). The maximum absolute atomic E-state index is 13.5. The van der Waals surface area contributed by atoms with Gasteiger partial charge in [-0.2, -0.15) is 0 Å². The molecule has 1 atom stereocenters. The van der Waals surface area contributed by atoms with Crippen LogP contribution in [0.5, 0.6) is 0 Å². The smallest absolute Gasteiger partial charge is 0.248 e. The Morgan fingerprint density at radius 2 is 2.19 bits per heavy atom. The molecule has 0 spiro atoms. The average Bonchev–Trinajstić information content (AvgIpc) is 2.91. The summed E-state index contributed by atoms with van der Waals surface area (Å²) in [5.74, 6) is -3.54. The number of ketones is 1. The first-order valence-electron chi connectivity index (χ1n) is 8.59. The normalized spacial score (nSPS) is 19.6. The van der Waals surface area contributed by atoms with Crippen molar-refractivity contribution < 1.29 is 18.4 Å². The number of hydrogen-bond acceptors (Lipinski definition) is 3. The second-order valence-corrected chi connectivity index (χ2v) is 7.32. The van der Waals surface area contributed by atoms with Crippen molar-refractivity contribution in [2.45, 2.75) is 51.0 Å². The van der Waals surface area contributed by atoms with E-state index in [0.29, 0.717) is 40.9 Å². The molecule has 0 saturated heterocycles. The molecule has 140 valence electrons. The van der Waals surface area contributed by atoms with E-state index in [0.717, 1.165) is 0 Å². The van der Waals surface area contributed by atoms with Crippen LogP contribution >= 0.6 is 11.6 Å². The molecule has 2 heterocycles. The standard InChI is InChI=1S/C18H20ClF2N3O2/c19-13-5-7-23-17-16(13)12(9-24(17)10-15(22)26)14(25)4-3-11-2-1-6-18(20,21)8-11/h5,7,9,11H,1-4,6,8,10H2,(H2,22,26). The number of aromatic nitrogens is 2. The molecule has 26 heavy (non-hydrogen) atoms. The van der Waals surface area contributed by atoms with Crippen LogP contribution in [0.4, 0.5) is 8.78 Å². The largest absolute Gasteiger partial charge is 0.368 e. The van der Waals surface area contributed by atoms with Crippen molar-refractivity contribution in [3.8, 4) is 0 Å². The predicted octanol–water partition coefficient (Wildman–Crippen LogP) is 3.96. The molecule has 2 aromatic rings. The van der Waals surface area contributed by atoms with E-state index in [9.17, 15) is 18.4 Å². The number of fused-ring (bicyclic) bond motifs is 1. The van der Waals surface area contributed by atoms with E-state index in [1.165, 1.54) is 17.0 Å². The molecule has 1 amide bonds. The summed E-state index contributed by atoms with van der Waals surface area (Å²) in [7, 11) is 0. The topological polar surface area (TPSA) is 78.0 Å². The predicted molar refractivity (Wildman–Crippen MR) is 94.4 cm³/mol. The number of halogens is 3. The Morgan fingerprint density at radius 1 is 1.42 bits per heavy atom. The molecule has 1 unspecified atom stereocenters. The van der Waals surface area contributed by atoms with Crippen molar-refractivity contribution in [1.29, 1.82) is 0 Å². The Labute approximate surface area is 154 Å². The molecule has 0 aromatic carbocycles. The van der Waals surface area contributed by atoms with Gasteiger partial charge in [-0.25, -0.2) is 13.8 Å². The molecule has 0 bridgehead atoms. The zero-order valence-electron chi connectivity index (χ0n) is 14.2. The highest BCUT2D eigenvalue weighted by molar-refractivity contribution is 6.36. The van der Waals surface area contributed by atoms with Crippen molar-refractivity contribution in [3.05, 3.63) is 29.0 Å². The fourth-order valence-electron chi connectivity index (χ4n) is 3.67. The molecular weight excluding hydrogens is 364 g/mol. The number of primary amides is 1. The molecule has 0 aliphatic heterocycles. The van der Waals surface area contributed by atoms with Crippen LogP contribution in [0.2, 0.25) is 5.02 Å². The average molecular weight is 384 g/mol. The van der Waals surface area contributed by atoms with Gasteiger partial charge in [0.1, 0.15) is 12.2 Å². The molecule has 5 nitrogen and oxygen atoms in total. The molecule has 1 saturated carbocycles. The zero-order chi connectivity index (χ0) is 18.9. The number of carbonyl (C=O) groups excluding carboxylic acids is 2. The first-order valence-corrected chi connectivity index (χ1v) is 8.97. The van der Waals surface area contributed by atoms with Crippen molar-refractivity contribution in [2.24, 2.45) is 11.7 Å². The second-order valence-electron chi connectivity index (χ2n) is 6.91. The Morgan fingerprint density at radius 3 is 2.88 bits per heavy atom. The number of rotatable bonds is 6. The Kier molecular flexibility index (Phi) is 5.27. The summed E-state index contributed by atoms with van der Waals surface area (Å²) >= 11 is 6.22. The molecule has 1 aliphatic carbocycles. The SMILES string of the molecule is NC(=O)Cn1cc(C(=O)CCC2CCCC(F)(F)C2)c2c(Cl)ccnc21. The van der Waals surface area contributed by atoms with E-state index in [4.69, 9.17) is 17.3 Å². The van der Waals surface area contributed by atoms with Gasteiger partial charge in [-0.15, -0.1) is 0 Å². The third kappa shape index (κ3) is 4.03. The minimum absolute atomic E-state index is 0.0701. The number of alkyl halides is 2. The summed E-state index contributed by atoms with van der Waals surface area (Å²) < 4.78 is 28.6. The second kappa shape index (κ2) is 7.31. The van der Waals surface area contributed by atoms with Crippen LogP contribution in [0.25, 0.3) is 11.0 Å². The third-order valence-corrected chi connectivity index (χ3v) is 5.17. The summed E-state index contributed by atoms with van der Waals surface area (Å²) in [5.41, 5.74) is 6.00. The molecular formula is C18H20ClF2N3O2. The number of pyridine rings is 1. The fraction of sp³-hybridized carbons (Fsp3) is 0.500. The fourth-order valence-corrected chi connectivity index (χ4v) is 3.91. The number of carbonyl (C=O) groups is 2. The zero-order valence-corrected chi connectivity index (χ0v) is 14.9. The molecule has 8 heteroatoms. The summed E-state index contributed by atoms with van der Waals surface area (Å²) in [6.45, 7) is -0.119. The third-order valence-electron chi connectivity index (χ3n) is 4.85. The quantitative estimate of drug-likeness (QED) is 0.767. The molecule has 0 radical (unpaired) electrons. The summed E-state index contributed by atoms with van der Waals surface area (Å²) in [6.07, 6.45) is 4.54. The monoisotopic (exact) mass is 383 g/mol. The Bertz CT molecular complexity index is 850. The molecule has 1 aliphatic rings.